The molecule has 8 heteroatoms. The largest absolute Gasteiger partial charge is 0.478 e. The van der Waals surface area contributed by atoms with Gasteiger partial charge in [-0.3, -0.25) is 14.7 Å². The van der Waals surface area contributed by atoms with Crippen LogP contribution < -0.4 is 4.72 Å². The zero-order valence-corrected chi connectivity index (χ0v) is 16.8. The summed E-state index contributed by atoms with van der Waals surface area (Å²) in [6.45, 7) is 0. The first kappa shape index (κ1) is 20.1. The van der Waals surface area contributed by atoms with E-state index in [-0.39, 0.29) is 16.0 Å². The number of aromatic nitrogens is 2. The molecule has 0 aliphatic rings. The van der Waals surface area contributed by atoms with E-state index in [9.17, 15) is 13.2 Å². The first-order valence-electron chi connectivity index (χ1n) is 9.11. The van der Waals surface area contributed by atoms with E-state index in [1.165, 1.54) is 30.6 Å². The molecule has 0 saturated heterocycles. The molecule has 4 aromatic rings. The molecular weight excluding hydrogens is 414 g/mol. The number of aromatic carboxylic acids is 1. The normalized spacial score (nSPS) is 10.8. The standard InChI is InChI=1S/C23H15N3O4S/c27-23(28)18-12-9-16(10-13-18)8-11-17-4-1-2-5-19(17)26-31(29,30)21-7-3-6-20-22(21)25-15-14-24-20/h1-7,9-10,12-15,26H,(H,27,28). The molecule has 0 amide bonds. The second-order valence-electron chi connectivity index (χ2n) is 6.46. The second-order valence-corrected chi connectivity index (χ2v) is 8.11. The number of nitrogens with zero attached hydrogens (tertiary/aromatic N) is 2. The molecule has 0 saturated carbocycles. The lowest BCUT2D eigenvalue weighted by molar-refractivity contribution is 0.0697. The first-order valence-corrected chi connectivity index (χ1v) is 10.6. The fourth-order valence-corrected chi connectivity index (χ4v) is 4.15. The summed E-state index contributed by atoms with van der Waals surface area (Å²) in [5.41, 5.74) is 2.31. The van der Waals surface area contributed by atoms with Crippen molar-refractivity contribution in [2.24, 2.45) is 0 Å². The monoisotopic (exact) mass is 429 g/mol. The third kappa shape index (κ3) is 4.37. The molecular formula is C23H15N3O4S. The molecule has 7 nitrogen and oxygen atoms in total. The Morgan fingerprint density at radius 2 is 1.61 bits per heavy atom. The van der Waals surface area contributed by atoms with Gasteiger partial charge in [0, 0.05) is 23.5 Å². The quantitative estimate of drug-likeness (QED) is 0.481. The summed E-state index contributed by atoms with van der Waals surface area (Å²) in [6.07, 6.45) is 2.94. The number of carboxylic acid groups (broad SMARTS) is 1. The van der Waals surface area contributed by atoms with Crippen LogP contribution in [0.25, 0.3) is 11.0 Å². The minimum absolute atomic E-state index is 0.0186. The number of hydrogen-bond donors (Lipinski definition) is 2. The Bertz CT molecular complexity index is 1450. The van der Waals surface area contributed by atoms with E-state index in [2.05, 4.69) is 26.5 Å². The van der Waals surface area contributed by atoms with E-state index >= 15 is 0 Å². The summed E-state index contributed by atoms with van der Waals surface area (Å²) in [4.78, 5) is 19.3. The molecule has 152 valence electrons. The molecule has 1 aromatic heterocycles. The Hall–Kier alpha value is -4.22. The molecule has 0 radical (unpaired) electrons. The summed E-state index contributed by atoms with van der Waals surface area (Å²) < 4.78 is 28.7. The van der Waals surface area contributed by atoms with Gasteiger partial charge >= 0.3 is 5.97 Å². The maximum absolute atomic E-state index is 13.1. The van der Waals surface area contributed by atoms with Gasteiger partial charge in [-0.25, -0.2) is 13.2 Å². The highest BCUT2D eigenvalue weighted by atomic mass is 32.2. The zero-order chi connectivity index (χ0) is 21.8. The van der Waals surface area contributed by atoms with Crippen LogP contribution >= 0.6 is 0 Å². The third-order valence-corrected chi connectivity index (χ3v) is 5.79. The van der Waals surface area contributed by atoms with Crippen LogP contribution in [0.2, 0.25) is 0 Å². The van der Waals surface area contributed by atoms with E-state index in [1.54, 1.807) is 48.5 Å². The van der Waals surface area contributed by atoms with Gasteiger partial charge in [-0.2, -0.15) is 0 Å². The zero-order valence-electron chi connectivity index (χ0n) is 16.0. The van der Waals surface area contributed by atoms with Crippen LogP contribution in [-0.4, -0.2) is 29.5 Å². The number of fused-ring (bicyclic) bond motifs is 1. The predicted molar refractivity (Wildman–Crippen MR) is 116 cm³/mol. The van der Waals surface area contributed by atoms with Crippen molar-refractivity contribution in [3.05, 3.63) is 95.8 Å². The van der Waals surface area contributed by atoms with Gasteiger partial charge in [0.25, 0.3) is 10.0 Å². The number of carboxylic acids is 1. The van der Waals surface area contributed by atoms with Crippen LogP contribution in [0.3, 0.4) is 0 Å². The average Bonchev–Trinajstić information content (AvgIpc) is 2.78. The maximum Gasteiger partial charge on any atom is 0.335 e. The van der Waals surface area contributed by atoms with Gasteiger partial charge in [-0.1, -0.05) is 30.0 Å². The molecule has 0 fully saturated rings. The van der Waals surface area contributed by atoms with Gasteiger partial charge < -0.3 is 5.11 Å². The third-order valence-electron chi connectivity index (χ3n) is 4.40. The lowest BCUT2D eigenvalue weighted by Gasteiger charge is -2.11. The number of nitrogens with one attached hydrogen (secondary N) is 1. The van der Waals surface area contributed by atoms with Crippen molar-refractivity contribution in [1.29, 1.82) is 0 Å². The maximum atomic E-state index is 13.1. The van der Waals surface area contributed by atoms with Crippen LogP contribution in [0.4, 0.5) is 5.69 Å². The highest BCUT2D eigenvalue weighted by Gasteiger charge is 2.19. The van der Waals surface area contributed by atoms with Crippen LogP contribution in [0.5, 0.6) is 0 Å². The Kier molecular flexibility index (Phi) is 5.35. The number of benzene rings is 3. The number of anilines is 1. The highest BCUT2D eigenvalue weighted by molar-refractivity contribution is 7.93. The molecule has 0 aliphatic carbocycles. The summed E-state index contributed by atoms with van der Waals surface area (Å²) in [5, 5.41) is 8.98. The Morgan fingerprint density at radius 3 is 2.39 bits per heavy atom. The van der Waals surface area contributed by atoms with Gasteiger partial charge in [0.15, 0.2) is 0 Å². The van der Waals surface area contributed by atoms with Crippen molar-refractivity contribution < 1.29 is 18.3 Å². The highest BCUT2D eigenvalue weighted by Crippen LogP contribution is 2.24. The fraction of sp³-hybridized carbons (Fsp3) is 0. The molecule has 1 heterocycles. The van der Waals surface area contributed by atoms with Crippen LogP contribution in [0, 0.1) is 11.8 Å². The smallest absolute Gasteiger partial charge is 0.335 e. The van der Waals surface area contributed by atoms with Crippen molar-refractivity contribution >= 4 is 32.7 Å². The van der Waals surface area contributed by atoms with Crippen molar-refractivity contribution in [3.63, 3.8) is 0 Å². The predicted octanol–water partition coefficient (Wildman–Crippen LogP) is 3.53. The molecule has 0 atom stereocenters. The summed E-state index contributed by atoms with van der Waals surface area (Å²) in [5.74, 6) is 4.84. The molecule has 0 bridgehead atoms. The minimum atomic E-state index is -3.95. The number of carbonyl (C=O) groups is 1. The fourth-order valence-electron chi connectivity index (χ4n) is 2.90. The summed E-state index contributed by atoms with van der Waals surface area (Å²) in [6, 6.07) is 17.6. The number of para-hydroxylation sites is 2. The summed E-state index contributed by atoms with van der Waals surface area (Å²) >= 11 is 0. The summed E-state index contributed by atoms with van der Waals surface area (Å²) in [7, 11) is -3.95. The van der Waals surface area contributed by atoms with Crippen molar-refractivity contribution in [2.75, 3.05) is 4.72 Å². The van der Waals surface area contributed by atoms with E-state index in [1.807, 2.05) is 0 Å². The SMILES string of the molecule is O=C(O)c1ccc(C#Cc2ccccc2NS(=O)(=O)c2cccc3nccnc23)cc1. The van der Waals surface area contributed by atoms with Crippen molar-refractivity contribution in [1.82, 2.24) is 9.97 Å². The van der Waals surface area contributed by atoms with Crippen LogP contribution in [0.15, 0.2) is 84.0 Å². The number of hydrogen-bond acceptors (Lipinski definition) is 5. The van der Waals surface area contributed by atoms with Crippen molar-refractivity contribution in [3.8, 4) is 11.8 Å². The van der Waals surface area contributed by atoms with E-state index in [0.29, 0.717) is 22.3 Å². The molecule has 3 aromatic carbocycles. The van der Waals surface area contributed by atoms with Gasteiger partial charge in [0.2, 0.25) is 0 Å². The molecule has 4 rings (SSSR count). The Balaban J connectivity index is 1.67. The lowest BCUT2D eigenvalue weighted by Crippen LogP contribution is -2.14. The molecule has 31 heavy (non-hydrogen) atoms. The van der Waals surface area contributed by atoms with Gasteiger partial charge in [-0.15, -0.1) is 0 Å². The number of rotatable bonds is 4. The number of sulfonamides is 1. The van der Waals surface area contributed by atoms with E-state index in [0.717, 1.165) is 0 Å². The average molecular weight is 429 g/mol. The molecule has 0 aliphatic heterocycles. The minimum Gasteiger partial charge on any atom is -0.478 e. The lowest BCUT2D eigenvalue weighted by atomic mass is 10.1. The van der Waals surface area contributed by atoms with E-state index in [4.69, 9.17) is 5.11 Å². The molecule has 0 spiro atoms. The molecule has 0 unspecified atom stereocenters. The molecule has 2 N–H and O–H groups in total. The second kappa shape index (κ2) is 8.26. The Morgan fingerprint density at radius 1 is 0.871 bits per heavy atom. The first-order chi connectivity index (χ1) is 14.9. The van der Waals surface area contributed by atoms with Crippen LogP contribution in [-0.2, 0) is 10.0 Å². The van der Waals surface area contributed by atoms with Crippen molar-refractivity contribution in [2.45, 2.75) is 4.90 Å². The Labute approximate surface area is 178 Å². The van der Waals surface area contributed by atoms with E-state index < -0.39 is 16.0 Å². The van der Waals surface area contributed by atoms with Gasteiger partial charge in [-0.05, 0) is 48.5 Å². The van der Waals surface area contributed by atoms with Gasteiger partial charge in [0.05, 0.1) is 16.8 Å². The van der Waals surface area contributed by atoms with Gasteiger partial charge in [0.1, 0.15) is 10.4 Å². The topological polar surface area (TPSA) is 109 Å². The van der Waals surface area contributed by atoms with Crippen LogP contribution in [0.1, 0.15) is 21.5 Å².